The summed E-state index contributed by atoms with van der Waals surface area (Å²) in [5, 5.41) is 0. The minimum absolute atomic E-state index is 0.0550. The summed E-state index contributed by atoms with van der Waals surface area (Å²) < 4.78 is 5.59. The number of likely N-dealkylation sites (tertiary alicyclic amines) is 1. The molecule has 1 saturated heterocycles. The number of amides is 1. The van der Waals surface area contributed by atoms with Crippen molar-refractivity contribution in [3.05, 3.63) is 71.5 Å². The third-order valence-corrected chi connectivity index (χ3v) is 5.02. The number of hydrogen-bond acceptors (Lipinski definition) is 4. The Kier molecular flexibility index (Phi) is 4.52. The molecule has 0 saturated carbocycles. The summed E-state index contributed by atoms with van der Waals surface area (Å²) in [6, 6.07) is 7.73. The standard InChI is InChI=1S/C21H21N3O2/c1-15-13-22-14-23-20(15)16-6-9-24(10-7-16)21(25)18-8-11-26-19-5-3-2-4-17(19)12-18/h2-5,8,11-14,16H,6-7,9-10H2,1H3. The summed E-state index contributed by atoms with van der Waals surface area (Å²) in [6.07, 6.45) is 10.6. The third-order valence-electron chi connectivity index (χ3n) is 5.02. The normalized spacial score (nSPS) is 17.1. The van der Waals surface area contributed by atoms with Crippen LogP contribution in [0.3, 0.4) is 0 Å². The number of nitrogens with zero attached hydrogens (tertiary/aromatic N) is 3. The fourth-order valence-electron chi connectivity index (χ4n) is 3.61. The van der Waals surface area contributed by atoms with Crippen molar-refractivity contribution in [1.29, 1.82) is 0 Å². The van der Waals surface area contributed by atoms with Gasteiger partial charge in [-0.15, -0.1) is 0 Å². The van der Waals surface area contributed by atoms with Gasteiger partial charge in [-0.2, -0.15) is 0 Å². The molecule has 1 aromatic carbocycles. The zero-order valence-corrected chi connectivity index (χ0v) is 14.8. The minimum Gasteiger partial charge on any atom is -0.464 e. The van der Waals surface area contributed by atoms with Crippen LogP contribution in [0.25, 0.3) is 6.08 Å². The number of para-hydroxylation sites is 1. The molecule has 0 aliphatic carbocycles. The number of aromatic nitrogens is 2. The molecule has 0 unspecified atom stereocenters. The molecule has 1 amide bonds. The number of benzene rings is 1. The van der Waals surface area contributed by atoms with Gasteiger partial charge >= 0.3 is 0 Å². The molecule has 132 valence electrons. The van der Waals surface area contributed by atoms with Crippen molar-refractivity contribution >= 4 is 12.0 Å². The Hall–Kier alpha value is -2.95. The smallest absolute Gasteiger partial charge is 0.253 e. The molecule has 2 aliphatic heterocycles. The Morgan fingerprint density at radius 2 is 2.04 bits per heavy atom. The first-order valence-electron chi connectivity index (χ1n) is 8.92. The lowest BCUT2D eigenvalue weighted by atomic mass is 9.91. The summed E-state index contributed by atoms with van der Waals surface area (Å²) in [5.74, 6) is 1.22. The molecular formula is C21H21N3O2. The van der Waals surface area contributed by atoms with Crippen molar-refractivity contribution in [3.8, 4) is 5.75 Å². The zero-order chi connectivity index (χ0) is 17.9. The van der Waals surface area contributed by atoms with E-state index in [4.69, 9.17) is 4.74 Å². The van der Waals surface area contributed by atoms with Gasteiger partial charge in [0.1, 0.15) is 12.1 Å². The Balaban J connectivity index is 1.47. The van der Waals surface area contributed by atoms with Crippen LogP contribution in [0.15, 0.2) is 54.7 Å². The van der Waals surface area contributed by atoms with Gasteiger partial charge in [-0.3, -0.25) is 4.79 Å². The predicted molar refractivity (Wildman–Crippen MR) is 99.5 cm³/mol. The summed E-state index contributed by atoms with van der Waals surface area (Å²) in [5.41, 5.74) is 3.82. The molecule has 5 nitrogen and oxygen atoms in total. The summed E-state index contributed by atoms with van der Waals surface area (Å²) >= 11 is 0. The van der Waals surface area contributed by atoms with Gasteiger partial charge in [0.15, 0.2) is 0 Å². The Morgan fingerprint density at radius 1 is 1.23 bits per heavy atom. The van der Waals surface area contributed by atoms with Crippen molar-refractivity contribution in [2.45, 2.75) is 25.7 Å². The molecule has 4 rings (SSSR count). The van der Waals surface area contributed by atoms with Crippen LogP contribution in [0.4, 0.5) is 0 Å². The SMILES string of the molecule is Cc1cncnc1C1CCN(C(=O)C2=Cc3ccccc3OC=C2)CC1. The number of rotatable bonds is 2. The largest absolute Gasteiger partial charge is 0.464 e. The maximum absolute atomic E-state index is 13.0. The van der Waals surface area contributed by atoms with E-state index in [1.807, 2.05) is 48.4 Å². The molecular weight excluding hydrogens is 326 g/mol. The lowest BCUT2D eigenvalue weighted by Crippen LogP contribution is -2.38. The average Bonchev–Trinajstić information content (AvgIpc) is 2.90. The highest BCUT2D eigenvalue weighted by molar-refractivity contribution is 6.01. The van der Waals surface area contributed by atoms with Gasteiger partial charge in [0, 0.05) is 42.0 Å². The summed E-state index contributed by atoms with van der Waals surface area (Å²) in [7, 11) is 0. The van der Waals surface area contributed by atoms with Crippen molar-refractivity contribution in [2.24, 2.45) is 0 Å². The number of ether oxygens (including phenoxy) is 1. The van der Waals surface area contributed by atoms with E-state index < -0.39 is 0 Å². The predicted octanol–water partition coefficient (Wildman–Crippen LogP) is 3.48. The molecule has 0 atom stereocenters. The van der Waals surface area contributed by atoms with Crippen LogP contribution < -0.4 is 4.74 Å². The number of piperidine rings is 1. The number of aryl methyl sites for hydroxylation is 1. The molecule has 2 aliphatic rings. The summed E-state index contributed by atoms with van der Waals surface area (Å²) in [6.45, 7) is 3.52. The van der Waals surface area contributed by atoms with Crippen molar-refractivity contribution in [3.63, 3.8) is 0 Å². The first-order valence-corrected chi connectivity index (χ1v) is 8.92. The van der Waals surface area contributed by atoms with Gasteiger partial charge in [0.05, 0.1) is 6.26 Å². The molecule has 1 fully saturated rings. The second-order valence-electron chi connectivity index (χ2n) is 6.72. The van der Waals surface area contributed by atoms with Gasteiger partial charge in [-0.25, -0.2) is 9.97 Å². The third kappa shape index (κ3) is 3.25. The number of fused-ring (bicyclic) bond motifs is 1. The van der Waals surface area contributed by atoms with E-state index in [9.17, 15) is 4.79 Å². The number of hydrogen-bond donors (Lipinski definition) is 0. The first-order chi connectivity index (χ1) is 12.7. The minimum atomic E-state index is 0.0550. The molecule has 1 aromatic heterocycles. The van der Waals surface area contributed by atoms with E-state index in [-0.39, 0.29) is 5.91 Å². The molecule has 0 radical (unpaired) electrons. The van der Waals surface area contributed by atoms with Gasteiger partial charge in [0.2, 0.25) is 0 Å². The van der Waals surface area contributed by atoms with Crippen LogP contribution in [-0.4, -0.2) is 33.9 Å². The van der Waals surface area contributed by atoms with E-state index in [0.717, 1.165) is 48.5 Å². The van der Waals surface area contributed by atoms with Crippen molar-refractivity contribution < 1.29 is 9.53 Å². The maximum atomic E-state index is 13.0. The molecule has 26 heavy (non-hydrogen) atoms. The van der Waals surface area contributed by atoms with Gasteiger partial charge in [-0.05, 0) is 43.5 Å². The van der Waals surface area contributed by atoms with Crippen LogP contribution in [0.1, 0.15) is 35.6 Å². The lowest BCUT2D eigenvalue weighted by Gasteiger charge is -2.32. The van der Waals surface area contributed by atoms with Crippen LogP contribution in [0, 0.1) is 6.92 Å². The van der Waals surface area contributed by atoms with Crippen molar-refractivity contribution in [1.82, 2.24) is 14.9 Å². The highest BCUT2D eigenvalue weighted by atomic mass is 16.5. The van der Waals surface area contributed by atoms with Gasteiger partial charge in [0.25, 0.3) is 5.91 Å². The number of carbonyl (C=O) groups is 1. The monoisotopic (exact) mass is 347 g/mol. The lowest BCUT2D eigenvalue weighted by molar-refractivity contribution is -0.127. The highest BCUT2D eigenvalue weighted by Crippen LogP contribution is 2.30. The molecule has 0 N–H and O–H groups in total. The van der Waals surface area contributed by atoms with Crippen LogP contribution in [-0.2, 0) is 4.79 Å². The molecule has 0 bridgehead atoms. The Labute approximate surface area is 153 Å². The van der Waals surface area contributed by atoms with E-state index >= 15 is 0 Å². The molecule has 5 heteroatoms. The van der Waals surface area contributed by atoms with Crippen molar-refractivity contribution in [2.75, 3.05) is 13.1 Å². The van der Waals surface area contributed by atoms with Crippen LogP contribution in [0.5, 0.6) is 5.75 Å². The van der Waals surface area contributed by atoms with E-state index in [1.165, 1.54) is 0 Å². The van der Waals surface area contributed by atoms with Crippen LogP contribution in [0.2, 0.25) is 0 Å². The fraction of sp³-hybridized carbons (Fsp3) is 0.286. The topological polar surface area (TPSA) is 55.3 Å². The average molecular weight is 347 g/mol. The fourth-order valence-corrected chi connectivity index (χ4v) is 3.61. The zero-order valence-electron chi connectivity index (χ0n) is 14.8. The molecule has 3 heterocycles. The van der Waals surface area contributed by atoms with Gasteiger partial charge in [-0.1, -0.05) is 18.2 Å². The van der Waals surface area contributed by atoms with Gasteiger partial charge < -0.3 is 9.64 Å². The Bertz CT molecular complexity index is 880. The van der Waals surface area contributed by atoms with Crippen LogP contribution >= 0.6 is 0 Å². The second kappa shape index (κ2) is 7.12. The Morgan fingerprint density at radius 3 is 2.85 bits per heavy atom. The quantitative estimate of drug-likeness (QED) is 0.835. The highest BCUT2D eigenvalue weighted by Gasteiger charge is 2.27. The molecule has 2 aromatic rings. The first kappa shape index (κ1) is 16.5. The molecule has 0 spiro atoms. The number of carbonyl (C=O) groups excluding carboxylic acids is 1. The maximum Gasteiger partial charge on any atom is 0.253 e. The second-order valence-corrected chi connectivity index (χ2v) is 6.72. The van der Waals surface area contributed by atoms with E-state index in [2.05, 4.69) is 9.97 Å². The van der Waals surface area contributed by atoms with E-state index in [1.54, 1.807) is 18.7 Å². The van der Waals surface area contributed by atoms with E-state index in [0.29, 0.717) is 11.5 Å². The summed E-state index contributed by atoms with van der Waals surface area (Å²) in [4.78, 5) is 23.4.